The molecule has 1 amide bonds. The fourth-order valence-corrected chi connectivity index (χ4v) is 3.04. The van der Waals surface area contributed by atoms with E-state index in [2.05, 4.69) is 10.1 Å². The van der Waals surface area contributed by atoms with Crippen molar-refractivity contribution in [3.8, 4) is 0 Å². The first-order valence-corrected chi connectivity index (χ1v) is 6.33. The second-order valence-electron chi connectivity index (χ2n) is 4.06. The van der Waals surface area contributed by atoms with E-state index in [4.69, 9.17) is 0 Å². The van der Waals surface area contributed by atoms with Gasteiger partial charge in [0.15, 0.2) is 6.61 Å². The van der Waals surface area contributed by atoms with E-state index < -0.39 is 18.9 Å². The predicted octanol–water partition coefficient (Wildman–Crippen LogP) is 3.03. The van der Waals surface area contributed by atoms with E-state index in [9.17, 15) is 18.0 Å². The minimum absolute atomic E-state index is 0.217. The lowest BCUT2D eigenvalue weighted by molar-refractivity contribution is -0.160. The molecule has 2 rings (SSSR count). The van der Waals surface area contributed by atoms with E-state index in [1.54, 1.807) is 11.3 Å². The Morgan fingerprint density at radius 3 is 2.89 bits per heavy atom. The minimum atomic E-state index is -4.48. The molecule has 100 valence electrons. The maximum Gasteiger partial charge on any atom is 0.422 e. The van der Waals surface area contributed by atoms with Crippen molar-refractivity contribution < 1.29 is 22.7 Å². The van der Waals surface area contributed by atoms with E-state index in [-0.39, 0.29) is 6.54 Å². The normalized spacial score (nSPS) is 14.4. The second-order valence-corrected chi connectivity index (χ2v) is 5.28. The van der Waals surface area contributed by atoms with Crippen LogP contribution in [0.25, 0.3) is 0 Å². The summed E-state index contributed by atoms with van der Waals surface area (Å²) in [6, 6.07) is 2.00. The maximum absolute atomic E-state index is 11.8. The highest BCUT2D eigenvalue weighted by molar-refractivity contribution is 7.12. The smallest absolute Gasteiger partial charge is 0.422 e. The third kappa shape index (κ3) is 3.63. The topological polar surface area (TPSA) is 38.3 Å². The molecule has 0 radical (unpaired) electrons. The highest BCUT2D eigenvalue weighted by Crippen LogP contribution is 2.30. The maximum atomic E-state index is 11.8. The number of aryl methyl sites for hydroxylation is 2. The molecule has 0 aliphatic heterocycles. The van der Waals surface area contributed by atoms with Gasteiger partial charge in [0, 0.05) is 9.75 Å². The molecule has 0 unspecified atom stereocenters. The Balaban J connectivity index is 1.75. The van der Waals surface area contributed by atoms with Gasteiger partial charge in [0.1, 0.15) is 0 Å². The van der Waals surface area contributed by atoms with Crippen molar-refractivity contribution in [3.05, 3.63) is 21.4 Å². The van der Waals surface area contributed by atoms with Gasteiger partial charge in [-0.2, -0.15) is 13.2 Å². The first-order valence-electron chi connectivity index (χ1n) is 5.52. The van der Waals surface area contributed by atoms with Crippen LogP contribution in [0.4, 0.5) is 18.0 Å². The van der Waals surface area contributed by atoms with Crippen LogP contribution in [0.1, 0.15) is 21.7 Å². The summed E-state index contributed by atoms with van der Waals surface area (Å²) in [5, 5.41) is 2.31. The van der Waals surface area contributed by atoms with Gasteiger partial charge >= 0.3 is 12.3 Å². The molecule has 0 saturated carbocycles. The number of rotatable bonds is 3. The quantitative estimate of drug-likeness (QED) is 0.923. The molecule has 0 atom stereocenters. The molecule has 7 heteroatoms. The van der Waals surface area contributed by atoms with Gasteiger partial charge in [0.2, 0.25) is 0 Å². The summed E-state index contributed by atoms with van der Waals surface area (Å²) in [6.07, 6.45) is -2.27. The van der Waals surface area contributed by atoms with E-state index in [1.165, 1.54) is 10.4 Å². The van der Waals surface area contributed by atoms with Crippen LogP contribution in [0, 0.1) is 0 Å². The first-order chi connectivity index (χ1) is 8.44. The van der Waals surface area contributed by atoms with Crippen LogP contribution in [-0.2, 0) is 24.1 Å². The van der Waals surface area contributed by atoms with Gasteiger partial charge in [-0.1, -0.05) is 0 Å². The number of nitrogens with one attached hydrogen (secondary N) is 1. The number of carbonyl (C=O) groups excluding carboxylic acids is 1. The molecular weight excluding hydrogens is 267 g/mol. The number of halogens is 3. The van der Waals surface area contributed by atoms with Crippen molar-refractivity contribution in [1.29, 1.82) is 0 Å². The van der Waals surface area contributed by atoms with E-state index in [1.807, 2.05) is 6.07 Å². The molecule has 1 aromatic heterocycles. The summed E-state index contributed by atoms with van der Waals surface area (Å²) in [5.41, 5.74) is 1.29. The van der Waals surface area contributed by atoms with Crippen LogP contribution in [0.3, 0.4) is 0 Å². The number of thiophene rings is 1. The standard InChI is InChI=1S/C11H12F3NO2S/c12-11(13,14)6-17-10(16)15-5-8-4-7-2-1-3-9(7)18-8/h4H,1-3,5-6H2,(H,15,16). The molecule has 0 aromatic carbocycles. The number of fused-ring (bicyclic) bond motifs is 1. The molecule has 1 N–H and O–H groups in total. The van der Waals surface area contributed by atoms with E-state index in [0.29, 0.717) is 0 Å². The summed E-state index contributed by atoms with van der Waals surface area (Å²) < 4.78 is 39.4. The fourth-order valence-electron chi connectivity index (χ4n) is 1.84. The van der Waals surface area contributed by atoms with Gasteiger partial charge in [0.05, 0.1) is 6.54 Å². The Kier molecular flexibility index (Phi) is 3.79. The number of carbonyl (C=O) groups is 1. The van der Waals surface area contributed by atoms with Crippen molar-refractivity contribution in [2.45, 2.75) is 32.0 Å². The molecular formula is C11H12F3NO2S. The van der Waals surface area contributed by atoms with Crippen LogP contribution < -0.4 is 5.32 Å². The van der Waals surface area contributed by atoms with Crippen LogP contribution in [-0.4, -0.2) is 18.9 Å². The number of ether oxygens (including phenoxy) is 1. The molecule has 18 heavy (non-hydrogen) atoms. The molecule has 1 aliphatic rings. The van der Waals surface area contributed by atoms with Crippen LogP contribution in [0.15, 0.2) is 6.07 Å². The summed E-state index contributed by atoms with van der Waals surface area (Å²) >= 11 is 1.60. The van der Waals surface area contributed by atoms with Gasteiger partial charge in [-0.25, -0.2) is 4.79 Å². The van der Waals surface area contributed by atoms with Gasteiger partial charge in [0.25, 0.3) is 0 Å². The predicted molar refractivity (Wildman–Crippen MR) is 60.6 cm³/mol. The average Bonchev–Trinajstić information content (AvgIpc) is 2.82. The number of hydrogen-bond donors (Lipinski definition) is 1. The van der Waals surface area contributed by atoms with Crippen LogP contribution >= 0.6 is 11.3 Å². The molecule has 1 aromatic rings. The largest absolute Gasteiger partial charge is 0.440 e. The van der Waals surface area contributed by atoms with Crippen LogP contribution in [0.5, 0.6) is 0 Å². The van der Waals surface area contributed by atoms with Crippen molar-refractivity contribution in [2.24, 2.45) is 0 Å². The highest BCUT2D eigenvalue weighted by Gasteiger charge is 2.29. The average molecular weight is 279 g/mol. The van der Waals surface area contributed by atoms with E-state index >= 15 is 0 Å². The lowest BCUT2D eigenvalue weighted by Crippen LogP contribution is -2.28. The van der Waals surface area contributed by atoms with Gasteiger partial charge < -0.3 is 10.1 Å². The molecule has 3 nitrogen and oxygen atoms in total. The molecule has 1 aliphatic carbocycles. The summed E-state index contributed by atoms with van der Waals surface area (Å²) in [7, 11) is 0. The lowest BCUT2D eigenvalue weighted by atomic mass is 10.2. The molecule has 0 saturated heterocycles. The zero-order chi connectivity index (χ0) is 13.2. The first kappa shape index (κ1) is 13.2. The molecule has 0 spiro atoms. The molecule has 0 fully saturated rings. The Hall–Kier alpha value is -1.24. The van der Waals surface area contributed by atoms with Crippen molar-refractivity contribution in [2.75, 3.05) is 6.61 Å². The molecule has 1 heterocycles. The fraction of sp³-hybridized carbons (Fsp3) is 0.545. The highest BCUT2D eigenvalue weighted by atomic mass is 32.1. The lowest BCUT2D eigenvalue weighted by Gasteiger charge is -2.08. The molecule has 0 bridgehead atoms. The van der Waals surface area contributed by atoms with Crippen molar-refractivity contribution in [1.82, 2.24) is 5.32 Å². The zero-order valence-corrected chi connectivity index (χ0v) is 10.3. The van der Waals surface area contributed by atoms with Gasteiger partial charge in [-0.05, 0) is 30.9 Å². The Morgan fingerprint density at radius 1 is 1.44 bits per heavy atom. The zero-order valence-electron chi connectivity index (χ0n) is 9.47. The van der Waals surface area contributed by atoms with Crippen LogP contribution in [0.2, 0.25) is 0 Å². The summed E-state index contributed by atoms with van der Waals surface area (Å²) in [4.78, 5) is 13.3. The summed E-state index contributed by atoms with van der Waals surface area (Å²) in [5.74, 6) is 0. The number of amides is 1. The number of alkyl carbamates (subject to hydrolysis) is 1. The SMILES string of the molecule is O=C(NCc1cc2c(s1)CCC2)OCC(F)(F)F. The third-order valence-corrected chi connectivity index (χ3v) is 3.81. The van der Waals surface area contributed by atoms with Crippen molar-refractivity contribution >= 4 is 17.4 Å². The Bertz CT molecular complexity index is 420. The Morgan fingerprint density at radius 2 is 2.22 bits per heavy atom. The minimum Gasteiger partial charge on any atom is -0.440 e. The number of alkyl halides is 3. The summed E-state index contributed by atoms with van der Waals surface area (Å²) in [6.45, 7) is -1.34. The van der Waals surface area contributed by atoms with Gasteiger partial charge in [-0.15, -0.1) is 11.3 Å². The second kappa shape index (κ2) is 5.17. The van der Waals surface area contributed by atoms with Gasteiger partial charge in [-0.3, -0.25) is 0 Å². The Labute approximate surface area is 106 Å². The number of hydrogen-bond acceptors (Lipinski definition) is 3. The monoisotopic (exact) mass is 279 g/mol. The van der Waals surface area contributed by atoms with E-state index in [0.717, 1.165) is 24.1 Å². The van der Waals surface area contributed by atoms with Crippen molar-refractivity contribution in [3.63, 3.8) is 0 Å². The third-order valence-electron chi connectivity index (χ3n) is 2.57.